The molecule has 9 aromatic rings. The standard InChI is InChI=1S/C53H38F3N3/c1-5-6-18-42-35(4)58(49-25-23-38(28-45(42)49)40-19-9-7-14-33(40)2)52-31-47(53(54,55)56)44(37-17-13-16-36(27-37)32-57)30-51(52)59-48-22-12-11-21-43(48)46-29-39(24-26-50(46)59)41-20-10-8-15-34(41)3/h5-31H,1H2,2-4H3/b18-6-. The minimum atomic E-state index is -4.73. The number of fused-ring (bicyclic) bond motifs is 4. The second-order valence-electron chi connectivity index (χ2n) is 15.0. The van der Waals surface area contributed by atoms with Crippen molar-refractivity contribution < 1.29 is 13.2 Å². The van der Waals surface area contributed by atoms with Gasteiger partial charge in [-0.2, -0.15) is 18.4 Å². The number of hydrogen-bond acceptors (Lipinski definition) is 1. The van der Waals surface area contributed by atoms with Gasteiger partial charge >= 0.3 is 6.18 Å². The minimum absolute atomic E-state index is 0.0152. The van der Waals surface area contributed by atoms with Gasteiger partial charge in [0.1, 0.15) is 0 Å². The molecular weight excluding hydrogens is 736 g/mol. The van der Waals surface area contributed by atoms with Gasteiger partial charge in [0.2, 0.25) is 0 Å². The lowest BCUT2D eigenvalue weighted by molar-refractivity contribution is -0.137. The van der Waals surface area contributed by atoms with Crippen molar-refractivity contribution in [2.45, 2.75) is 26.9 Å². The van der Waals surface area contributed by atoms with Crippen LogP contribution in [0.1, 0.15) is 33.5 Å². The molecule has 9 rings (SSSR count). The number of alkyl halides is 3. The molecule has 0 bridgehead atoms. The highest BCUT2D eigenvalue weighted by atomic mass is 19.4. The minimum Gasteiger partial charge on any atom is -0.311 e. The van der Waals surface area contributed by atoms with Gasteiger partial charge < -0.3 is 9.13 Å². The molecular formula is C53H38F3N3. The van der Waals surface area contributed by atoms with Crippen LogP contribution in [0.15, 0.2) is 164 Å². The molecule has 0 saturated carbocycles. The van der Waals surface area contributed by atoms with E-state index in [-0.39, 0.29) is 11.1 Å². The molecule has 6 heteroatoms. The fourth-order valence-electron chi connectivity index (χ4n) is 8.65. The molecule has 2 aromatic heterocycles. The molecule has 59 heavy (non-hydrogen) atoms. The van der Waals surface area contributed by atoms with Gasteiger partial charge in [-0.15, -0.1) is 0 Å². The Hall–Kier alpha value is -7.36. The van der Waals surface area contributed by atoms with Crippen molar-refractivity contribution in [3.05, 3.63) is 198 Å². The number of rotatable bonds is 7. The summed E-state index contributed by atoms with van der Waals surface area (Å²) in [6, 6.07) is 48.4. The summed E-state index contributed by atoms with van der Waals surface area (Å²) in [7, 11) is 0. The van der Waals surface area contributed by atoms with Crippen molar-refractivity contribution >= 4 is 38.8 Å². The third-order valence-corrected chi connectivity index (χ3v) is 11.4. The first-order chi connectivity index (χ1) is 28.6. The summed E-state index contributed by atoms with van der Waals surface area (Å²) < 4.78 is 50.8. The number of nitriles is 1. The summed E-state index contributed by atoms with van der Waals surface area (Å²) >= 11 is 0. The molecule has 0 atom stereocenters. The van der Waals surface area contributed by atoms with Crippen LogP contribution in [0.4, 0.5) is 13.2 Å². The van der Waals surface area contributed by atoms with Gasteiger partial charge in [-0.05, 0) is 120 Å². The predicted molar refractivity (Wildman–Crippen MR) is 237 cm³/mol. The van der Waals surface area contributed by atoms with E-state index in [0.717, 1.165) is 77.3 Å². The second kappa shape index (κ2) is 14.5. The first-order valence-electron chi connectivity index (χ1n) is 19.4. The summed E-state index contributed by atoms with van der Waals surface area (Å²) in [5.74, 6) is 0. The van der Waals surface area contributed by atoms with Crippen LogP contribution in [0.5, 0.6) is 0 Å². The van der Waals surface area contributed by atoms with E-state index in [4.69, 9.17) is 0 Å². The maximum atomic E-state index is 15.6. The van der Waals surface area contributed by atoms with Gasteiger partial charge in [0.05, 0.1) is 45.1 Å². The summed E-state index contributed by atoms with van der Waals surface area (Å²) in [6.45, 7) is 10.0. The topological polar surface area (TPSA) is 33.6 Å². The molecule has 0 radical (unpaired) electrons. The first kappa shape index (κ1) is 37.2. The van der Waals surface area contributed by atoms with Gasteiger partial charge in [-0.25, -0.2) is 0 Å². The van der Waals surface area contributed by atoms with Crippen molar-refractivity contribution in [3.63, 3.8) is 0 Å². The third-order valence-electron chi connectivity index (χ3n) is 11.4. The Morgan fingerprint density at radius 1 is 0.559 bits per heavy atom. The van der Waals surface area contributed by atoms with Gasteiger partial charge in [0.25, 0.3) is 0 Å². The van der Waals surface area contributed by atoms with Gasteiger partial charge in [-0.1, -0.05) is 116 Å². The Kier molecular flexibility index (Phi) is 9.18. The smallest absolute Gasteiger partial charge is 0.311 e. The quantitative estimate of drug-likeness (QED) is 0.149. The molecule has 286 valence electrons. The van der Waals surface area contributed by atoms with Crippen LogP contribution in [0, 0.1) is 32.1 Å². The highest BCUT2D eigenvalue weighted by molar-refractivity contribution is 6.11. The number of nitrogens with zero attached hydrogens (tertiary/aromatic N) is 3. The zero-order chi connectivity index (χ0) is 41.0. The second-order valence-corrected chi connectivity index (χ2v) is 15.0. The Morgan fingerprint density at radius 3 is 1.78 bits per heavy atom. The van der Waals surface area contributed by atoms with E-state index in [0.29, 0.717) is 16.9 Å². The number of aromatic nitrogens is 2. The average Bonchev–Trinajstić information content (AvgIpc) is 3.72. The van der Waals surface area contributed by atoms with E-state index in [1.54, 1.807) is 30.3 Å². The van der Waals surface area contributed by atoms with Gasteiger partial charge in [0.15, 0.2) is 0 Å². The van der Waals surface area contributed by atoms with Crippen molar-refractivity contribution in [1.82, 2.24) is 9.13 Å². The lowest BCUT2D eigenvalue weighted by Gasteiger charge is -2.22. The number of halogens is 3. The monoisotopic (exact) mass is 773 g/mol. The number of allylic oxidation sites excluding steroid dienone is 2. The lowest BCUT2D eigenvalue weighted by Crippen LogP contribution is -2.12. The molecule has 0 N–H and O–H groups in total. The summed E-state index contributed by atoms with van der Waals surface area (Å²) in [5.41, 5.74) is 11.3. The Labute approximate surface area is 340 Å². The van der Waals surface area contributed by atoms with Gasteiger partial charge in [-0.3, -0.25) is 0 Å². The molecule has 2 heterocycles. The number of hydrogen-bond donors (Lipinski definition) is 0. The largest absolute Gasteiger partial charge is 0.417 e. The zero-order valence-electron chi connectivity index (χ0n) is 32.8. The molecule has 3 nitrogen and oxygen atoms in total. The molecule has 0 unspecified atom stereocenters. The number of benzene rings is 7. The molecule has 0 aliphatic rings. The molecule has 7 aromatic carbocycles. The maximum absolute atomic E-state index is 15.6. The number of para-hydroxylation sites is 1. The SMILES string of the molecule is C=C/C=C\c1c(C)n(-c2cc(C(F)(F)F)c(-c3cccc(C#N)c3)cc2-n2c3ccccc3c3cc(-c4ccccc4C)ccc32)c2ccc(-c3ccccc3C)cc12. The van der Waals surface area contributed by atoms with Crippen LogP contribution in [0.2, 0.25) is 0 Å². The van der Waals surface area contributed by atoms with E-state index < -0.39 is 11.7 Å². The summed E-state index contributed by atoms with van der Waals surface area (Å²) in [4.78, 5) is 0. The van der Waals surface area contributed by atoms with E-state index >= 15 is 13.2 Å². The summed E-state index contributed by atoms with van der Waals surface area (Å²) in [6.07, 6.45) is 0.810. The molecule has 0 amide bonds. The Morgan fingerprint density at radius 2 is 1.14 bits per heavy atom. The van der Waals surface area contributed by atoms with E-state index in [9.17, 15) is 5.26 Å². The van der Waals surface area contributed by atoms with Crippen LogP contribution in [0.25, 0.3) is 83.5 Å². The maximum Gasteiger partial charge on any atom is 0.417 e. The fraction of sp³-hybridized carbons (Fsp3) is 0.0755. The van der Waals surface area contributed by atoms with Crippen LogP contribution in [-0.4, -0.2) is 9.13 Å². The van der Waals surface area contributed by atoms with Crippen molar-refractivity contribution in [1.29, 1.82) is 5.26 Å². The first-order valence-corrected chi connectivity index (χ1v) is 19.4. The molecule has 0 spiro atoms. The van der Waals surface area contributed by atoms with E-state index in [1.165, 1.54) is 12.1 Å². The van der Waals surface area contributed by atoms with E-state index in [1.807, 2.05) is 78.2 Å². The molecule has 0 aliphatic carbocycles. The Balaban J connectivity index is 1.43. The van der Waals surface area contributed by atoms with Crippen LogP contribution < -0.4 is 0 Å². The normalized spacial score (nSPS) is 11.9. The van der Waals surface area contributed by atoms with Crippen molar-refractivity contribution in [2.24, 2.45) is 0 Å². The zero-order valence-corrected chi connectivity index (χ0v) is 32.8. The van der Waals surface area contributed by atoms with E-state index in [2.05, 4.69) is 85.7 Å². The van der Waals surface area contributed by atoms with Gasteiger partial charge in [0, 0.05) is 27.4 Å². The average molecular weight is 774 g/mol. The number of aryl methyl sites for hydroxylation is 2. The molecule has 0 fully saturated rings. The molecule has 0 aliphatic heterocycles. The summed E-state index contributed by atoms with van der Waals surface area (Å²) in [5, 5.41) is 12.7. The van der Waals surface area contributed by atoms with Crippen molar-refractivity contribution in [3.8, 4) is 50.8 Å². The lowest BCUT2D eigenvalue weighted by atomic mass is 9.95. The highest BCUT2D eigenvalue weighted by Gasteiger charge is 2.36. The fourth-order valence-corrected chi connectivity index (χ4v) is 8.65. The predicted octanol–water partition coefficient (Wildman–Crippen LogP) is 14.7. The van der Waals surface area contributed by atoms with Crippen LogP contribution >= 0.6 is 0 Å². The Bertz CT molecular complexity index is 3220. The van der Waals surface area contributed by atoms with Crippen LogP contribution in [0.3, 0.4) is 0 Å². The third kappa shape index (κ3) is 6.32. The molecule has 0 saturated heterocycles. The van der Waals surface area contributed by atoms with Crippen LogP contribution in [-0.2, 0) is 6.18 Å². The highest BCUT2D eigenvalue weighted by Crippen LogP contribution is 2.45. The van der Waals surface area contributed by atoms with Crippen molar-refractivity contribution in [2.75, 3.05) is 0 Å².